The van der Waals surface area contributed by atoms with Gasteiger partial charge >= 0.3 is 0 Å². The van der Waals surface area contributed by atoms with Gasteiger partial charge in [0.1, 0.15) is 0 Å². The van der Waals surface area contributed by atoms with Gasteiger partial charge in [-0.05, 0) is 49.9 Å². The monoisotopic (exact) mass is 314 g/mol. The van der Waals surface area contributed by atoms with Crippen molar-refractivity contribution in [2.45, 2.75) is 52.0 Å². The molecule has 5 heteroatoms. The Morgan fingerprint density at radius 3 is 2.83 bits per heavy atom. The maximum atomic E-state index is 12.5. The lowest BCUT2D eigenvalue weighted by molar-refractivity contribution is -0.118. The lowest BCUT2D eigenvalue weighted by Gasteiger charge is -2.35. The van der Waals surface area contributed by atoms with Crippen molar-refractivity contribution in [3.63, 3.8) is 0 Å². The van der Waals surface area contributed by atoms with E-state index >= 15 is 0 Å². The zero-order valence-electron chi connectivity index (χ0n) is 13.8. The number of anilines is 1. The van der Waals surface area contributed by atoms with Crippen molar-refractivity contribution in [1.29, 1.82) is 0 Å². The Labute approximate surface area is 137 Å². The lowest BCUT2D eigenvalue weighted by Crippen LogP contribution is -2.36. The highest BCUT2D eigenvalue weighted by molar-refractivity contribution is 5.93. The number of hydrogen-bond acceptors (Lipinski definition) is 3. The number of rotatable bonds is 5. The maximum absolute atomic E-state index is 12.5. The second-order valence-electron chi connectivity index (χ2n) is 6.72. The summed E-state index contributed by atoms with van der Waals surface area (Å²) in [4.78, 5) is 12.5. The van der Waals surface area contributed by atoms with E-state index in [-0.39, 0.29) is 11.3 Å². The van der Waals surface area contributed by atoms with E-state index in [9.17, 15) is 4.79 Å². The molecule has 1 fully saturated rings. The van der Waals surface area contributed by atoms with Gasteiger partial charge in [0.25, 0.3) is 0 Å². The Kier molecular flexibility index (Phi) is 4.66. The van der Waals surface area contributed by atoms with E-state index in [4.69, 9.17) is 5.73 Å². The molecule has 1 aliphatic carbocycles. The van der Waals surface area contributed by atoms with Crippen LogP contribution in [0.15, 0.2) is 24.4 Å². The quantitative estimate of drug-likeness (QED) is 0.889. The van der Waals surface area contributed by atoms with Crippen LogP contribution in [0.25, 0.3) is 10.9 Å². The third-order valence-corrected chi connectivity index (χ3v) is 5.11. The molecule has 0 unspecified atom stereocenters. The van der Waals surface area contributed by atoms with Gasteiger partial charge in [0, 0.05) is 24.0 Å². The predicted octanol–water partition coefficient (Wildman–Crippen LogP) is 3.29. The van der Waals surface area contributed by atoms with E-state index in [2.05, 4.69) is 17.3 Å². The molecule has 1 aromatic carbocycles. The van der Waals surface area contributed by atoms with E-state index < -0.39 is 0 Å². The molecule has 0 aliphatic heterocycles. The summed E-state index contributed by atoms with van der Waals surface area (Å²) >= 11 is 0. The zero-order valence-corrected chi connectivity index (χ0v) is 13.8. The number of fused-ring (bicyclic) bond motifs is 1. The smallest absolute Gasteiger partial charge is 0.224 e. The summed E-state index contributed by atoms with van der Waals surface area (Å²) < 4.78 is 1.94. The first-order valence-corrected chi connectivity index (χ1v) is 8.61. The first-order chi connectivity index (χ1) is 11.2. The number of amides is 1. The molecule has 5 nitrogen and oxygen atoms in total. The largest absolute Gasteiger partial charge is 0.330 e. The van der Waals surface area contributed by atoms with Crippen LogP contribution in [0.4, 0.5) is 5.69 Å². The Bertz CT molecular complexity index is 685. The topological polar surface area (TPSA) is 72.9 Å². The summed E-state index contributed by atoms with van der Waals surface area (Å²) in [5.41, 5.74) is 7.87. The number of benzene rings is 1. The van der Waals surface area contributed by atoms with Crippen LogP contribution in [-0.2, 0) is 11.3 Å². The molecule has 23 heavy (non-hydrogen) atoms. The molecule has 1 aromatic heterocycles. The van der Waals surface area contributed by atoms with Crippen LogP contribution < -0.4 is 11.1 Å². The molecule has 1 amide bonds. The molecule has 1 aliphatic rings. The summed E-state index contributed by atoms with van der Waals surface area (Å²) in [5, 5.41) is 8.48. The number of carbonyl (C=O) groups excluding carboxylic acids is 1. The van der Waals surface area contributed by atoms with Crippen molar-refractivity contribution in [3.05, 3.63) is 24.4 Å². The highest BCUT2D eigenvalue weighted by atomic mass is 16.1. The van der Waals surface area contributed by atoms with Crippen LogP contribution >= 0.6 is 0 Å². The normalized spacial score (nSPS) is 17.3. The van der Waals surface area contributed by atoms with Crippen LogP contribution in [0, 0.1) is 5.41 Å². The maximum Gasteiger partial charge on any atom is 0.224 e. The van der Waals surface area contributed by atoms with Gasteiger partial charge in [0.15, 0.2) is 0 Å². The standard InChI is InChI=1S/C18H26N4O/c1-2-22-16-10-15(7-6-14(16)12-20-22)21-17(23)11-18(13-19)8-4-3-5-9-18/h6-7,10,12H,2-5,8-9,11,13,19H2,1H3,(H,21,23). The van der Waals surface area contributed by atoms with Crippen molar-refractivity contribution >= 4 is 22.5 Å². The van der Waals surface area contributed by atoms with Gasteiger partial charge in [-0.15, -0.1) is 0 Å². The van der Waals surface area contributed by atoms with Gasteiger partial charge in [0.05, 0.1) is 11.7 Å². The number of hydrogen-bond donors (Lipinski definition) is 2. The highest BCUT2D eigenvalue weighted by Gasteiger charge is 2.32. The Morgan fingerprint density at radius 1 is 1.35 bits per heavy atom. The summed E-state index contributed by atoms with van der Waals surface area (Å²) in [6, 6.07) is 5.95. The molecular formula is C18H26N4O. The Morgan fingerprint density at radius 2 is 2.13 bits per heavy atom. The molecule has 3 N–H and O–H groups in total. The van der Waals surface area contributed by atoms with E-state index in [0.29, 0.717) is 13.0 Å². The second-order valence-corrected chi connectivity index (χ2v) is 6.72. The molecule has 2 aromatic rings. The second kappa shape index (κ2) is 6.71. The van der Waals surface area contributed by atoms with Gasteiger partial charge < -0.3 is 11.1 Å². The van der Waals surface area contributed by atoms with Crippen molar-refractivity contribution in [2.75, 3.05) is 11.9 Å². The molecule has 0 saturated heterocycles. The average Bonchev–Trinajstić information content (AvgIpc) is 2.98. The van der Waals surface area contributed by atoms with Crippen LogP contribution in [0.1, 0.15) is 45.4 Å². The van der Waals surface area contributed by atoms with E-state index in [0.717, 1.165) is 36.0 Å². The van der Waals surface area contributed by atoms with Gasteiger partial charge in [-0.25, -0.2) is 0 Å². The van der Waals surface area contributed by atoms with Crippen molar-refractivity contribution in [1.82, 2.24) is 9.78 Å². The van der Waals surface area contributed by atoms with Crippen molar-refractivity contribution in [2.24, 2.45) is 11.1 Å². The summed E-state index contributed by atoms with van der Waals surface area (Å²) in [6.45, 7) is 3.48. The molecule has 1 saturated carbocycles. The van der Waals surface area contributed by atoms with E-state index in [1.165, 1.54) is 19.3 Å². The number of aryl methyl sites for hydroxylation is 1. The molecule has 1 heterocycles. The van der Waals surface area contributed by atoms with Gasteiger partial charge in [-0.3, -0.25) is 9.48 Å². The lowest BCUT2D eigenvalue weighted by atomic mass is 9.71. The van der Waals surface area contributed by atoms with Crippen LogP contribution in [0.2, 0.25) is 0 Å². The van der Waals surface area contributed by atoms with Crippen LogP contribution in [-0.4, -0.2) is 22.2 Å². The number of nitrogens with one attached hydrogen (secondary N) is 1. The third kappa shape index (κ3) is 3.39. The molecule has 0 bridgehead atoms. The Balaban J connectivity index is 1.72. The van der Waals surface area contributed by atoms with Gasteiger partial charge in [-0.2, -0.15) is 5.10 Å². The van der Waals surface area contributed by atoms with Crippen molar-refractivity contribution in [3.8, 4) is 0 Å². The Hall–Kier alpha value is -1.88. The van der Waals surface area contributed by atoms with Gasteiger partial charge in [0.2, 0.25) is 5.91 Å². The summed E-state index contributed by atoms with van der Waals surface area (Å²) in [6.07, 6.45) is 8.15. The molecule has 0 spiro atoms. The van der Waals surface area contributed by atoms with Crippen molar-refractivity contribution < 1.29 is 4.79 Å². The SMILES string of the molecule is CCn1ncc2ccc(NC(=O)CC3(CN)CCCCC3)cc21. The minimum Gasteiger partial charge on any atom is -0.330 e. The fourth-order valence-electron chi connectivity index (χ4n) is 3.70. The van der Waals surface area contributed by atoms with E-state index in [1.807, 2.05) is 29.1 Å². The first kappa shape index (κ1) is 16.0. The predicted molar refractivity (Wildman–Crippen MR) is 93.2 cm³/mol. The number of aromatic nitrogens is 2. The van der Waals surface area contributed by atoms with Crippen LogP contribution in [0.3, 0.4) is 0 Å². The average molecular weight is 314 g/mol. The molecule has 124 valence electrons. The molecule has 3 rings (SSSR count). The molecule has 0 radical (unpaired) electrons. The number of carbonyl (C=O) groups is 1. The minimum absolute atomic E-state index is 0.00236. The fourth-order valence-corrected chi connectivity index (χ4v) is 3.70. The summed E-state index contributed by atoms with van der Waals surface area (Å²) in [7, 11) is 0. The number of nitrogens with two attached hydrogens (primary N) is 1. The minimum atomic E-state index is -0.00236. The fraction of sp³-hybridized carbons (Fsp3) is 0.556. The third-order valence-electron chi connectivity index (χ3n) is 5.11. The first-order valence-electron chi connectivity index (χ1n) is 8.61. The van der Waals surface area contributed by atoms with Crippen LogP contribution in [0.5, 0.6) is 0 Å². The molecule has 0 atom stereocenters. The van der Waals surface area contributed by atoms with E-state index in [1.54, 1.807) is 0 Å². The number of nitrogens with zero attached hydrogens (tertiary/aromatic N) is 2. The van der Waals surface area contributed by atoms with Gasteiger partial charge in [-0.1, -0.05) is 19.3 Å². The summed E-state index contributed by atoms with van der Waals surface area (Å²) in [5.74, 6) is 0.0688. The highest BCUT2D eigenvalue weighted by Crippen LogP contribution is 2.38. The molecular weight excluding hydrogens is 288 g/mol. The zero-order chi connectivity index (χ0) is 16.3.